The highest BCUT2D eigenvalue weighted by molar-refractivity contribution is 4.96. The molecule has 0 bridgehead atoms. The van der Waals surface area contributed by atoms with Gasteiger partial charge in [0.25, 0.3) is 0 Å². The summed E-state index contributed by atoms with van der Waals surface area (Å²) in [5, 5.41) is 0. The van der Waals surface area contributed by atoms with E-state index < -0.39 is 0 Å². The van der Waals surface area contributed by atoms with E-state index in [1.54, 1.807) is 0 Å². The minimum atomic E-state index is -0.161. The summed E-state index contributed by atoms with van der Waals surface area (Å²) in [7, 11) is 0. The predicted molar refractivity (Wildman–Crippen MR) is 106 cm³/mol. The van der Waals surface area contributed by atoms with Gasteiger partial charge < -0.3 is 14.2 Å². The van der Waals surface area contributed by atoms with Crippen molar-refractivity contribution < 1.29 is 14.2 Å². The van der Waals surface area contributed by atoms with Crippen molar-refractivity contribution in [1.82, 2.24) is 0 Å². The summed E-state index contributed by atoms with van der Waals surface area (Å²) in [6.45, 7) is 23.0. The summed E-state index contributed by atoms with van der Waals surface area (Å²) in [6, 6.07) is 0. The van der Waals surface area contributed by atoms with Crippen LogP contribution in [-0.4, -0.2) is 37.1 Å². The Hall–Kier alpha value is -0.120. The fraction of sp³-hybridized carbons (Fsp3) is 1.00. The lowest BCUT2D eigenvalue weighted by molar-refractivity contribution is -0.148. The van der Waals surface area contributed by atoms with Gasteiger partial charge in [-0.1, -0.05) is 48.0 Å². The molecule has 3 nitrogen and oxygen atoms in total. The Bertz CT molecular complexity index is 400. The smallest absolute Gasteiger partial charge is 0.104 e. The van der Waals surface area contributed by atoms with Gasteiger partial charge in [-0.25, -0.2) is 0 Å². The molecule has 1 rings (SSSR count). The highest BCUT2D eigenvalue weighted by Crippen LogP contribution is 2.48. The second-order valence-electron chi connectivity index (χ2n) is 9.82. The third-order valence-electron chi connectivity index (χ3n) is 6.74. The van der Waals surface area contributed by atoms with Gasteiger partial charge in [0.2, 0.25) is 0 Å². The Morgan fingerprint density at radius 2 is 1.48 bits per heavy atom. The Morgan fingerprint density at radius 1 is 0.880 bits per heavy atom. The monoisotopic (exact) mass is 356 g/mol. The molecule has 1 fully saturated rings. The molecule has 3 heteroatoms. The first kappa shape index (κ1) is 22.9. The molecule has 0 aromatic rings. The van der Waals surface area contributed by atoms with E-state index in [1.807, 2.05) is 0 Å². The normalized spacial score (nSPS) is 23.2. The highest BCUT2D eigenvalue weighted by Gasteiger charge is 2.45. The van der Waals surface area contributed by atoms with E-state index in [1.165, 1.54) is 12.8 Å². The van der Waals surface area contributed by atoms with E-state index >= 15 is 0 Å². The number of hydrogen-bond acceptors (Lipinski definition) is 3. The maximum atomic E-state index is 6.57. The molecule has 0 spiro atoms. The molecule has 150 valence electrons. The minimum Gasteiger partial charge on any atom is -0.375 e. The van der Waals surface area contributed by atoms with Crippen molar-refractivity contribution in [2.24, 2.45) is 10.8 Å². The van der Waals surface area contributed by atoms with E-state index in [0.717, 1.165) is 32.5 Å². The Labute approximate surface area is 157 Å². The molecule has 1 aliphatic heterocycles. The maximum Gasteiger partial charge on any atom is 0.104 e. The van der Waals surface area contributed by atoms with Gasteiger partial charge in [-0.05, 0) is 57.3 Å². The van der Waals surface area contributed by atoms with Crippen LogP contribution in [0.2, 0.25) is 0 Å². The molecule has 0 amide bonds. The lowest BCUT2D eigenvalue weighted by Gasteiger charge is -2.49. The van der Waals surface area contributed by atoms with Crippen LogP contribution in [0.4, 0.5) is 0 Å². The molecule has 0 N–H and O–H groups in total. The Morgan fingerprint density at radius 3 is 1.92 bits per heavy atom. The fourth-order valence-electron chi connectivity index (χ4n) is 3.65. The van der Waals surface area contributed by atoms with Gasteiger partial charge in [-0.15, -0.1) is 0 Å². The van der Waals surface area contributed by atoms with E-state index in [-0.39, 0.29) is 16.6 Å². The van der Waals surface area contributed by atoms with Gasteiger partial charge >= 0.3 is 0 Å². The first-order valence-electron chi connectivity index (χ1n) is 10.3. The highest BCUT2D eigenvalue weighted by atomic mass is 16.6. The topological polar surface area (TPSA) is 31.0 Å². The van der Waals surface area contributed by atoms with Crippen molar-refractivity contribution >= 4 is 0 Å². The zero-order valence-electron chi connectivity index (χ0n) is 18.5. The van der Waals surface area contributed by atoms with Crippen LogP contribution in [0.1, 0.15) is 94.4 Å². The van der Waals surface area contributed by atoms with E-state index in [4.69, 9.17) is 14.2 Å². The molecule has 1 heterocycles. The quantitative estimate of drug-likeness (QED) is 0.379. The largest absolute Gasteiger partial charge is 0.375 e. The molecule has 1 saturated heterocycles. The van der Waals surface area contributed by atoms with Gasteiger partial charge in [-0.2, -0.15) is 0 Å². The summed E-state index contributed by atoms with van der Waals surface area (Å²) < 4.78 is 17.8. The standard InChI is InChI=1S/C22H44O3/c1-10-19(4,5)17-21(8,11-2)22(9,12-3)24-14-13-20(6,7)25-16-18-15-23-18/h18H,10-17H2,1-9H3. The number of hydrogen-bond donors (Lipinski definition) is 0. The molecule has 0 radical (unpaired) electrons. The SMILES string of the molecule is CCC(C)(C)CC(C)(CC)C(C)(CC)OCCC(C)(C)OCC1CO1. The minimum absolute atomic E-state index is 0.107. The van der Waals surface area contributed by atoms with Crippen molar-refractivity contribution in [3.63, 3.8) is 0 Å². The maximum absolute atomic E-state index is 6.57. The average Bonchev–Trinajstić information content (AvgIpc) is 3.36. The summed E-state index contributed by atoms with van der Waals surface area (Å²) in [5.74, 6) is 0. The zero-order chi connectivity index (χ0) is 19.4. The summed E-state index contributed by atoms with van der Waals surface area (Å²) >= 11 is 0. The first-order chi connectivity index (χ1) is 11.4. The van der Waals surface area contributed by atoms with Gasteiger partial charge in [0, 0.05) is 0 Å². The van der Waals surface area contributed by atoms with Gasteiger partial charge in [0.05, 0.1) is 31.0 Å². The molecule has 3 unspecified atom stereocenters. The number of epoxide rings is 1. The van der Waals surface area contributed by atoms with Gasteiger partial charge in [-0.3, -0.25) is 0 Å². The summed E-state index contributed by atoms with van der Waals surface area (Å²) in [5.41, 5.74) is 0.251. The molecule has 0 aliphatic carbocycles. The predicted octanol–water partition coefficient (Wildman–Crippen LogP) is 6.00. The van der Waals surface area contributed by atoms with Gasteiger partial charge in [0.1, 0.15) is 6.10 Å². The van der Waals surface area contributed by atoms with Crippen LogP contribution in [0.5, 0.6) is 0 Å². The average molecular weight is 357 g/mol. The molecule has 0 aromatic carbocycles. The molecular formula is C22H44O3. The van der Waals surface area contributed by atoms with E-state index in [0.29, 0.717) is 18.1 Å². The fourth-order valence-corrected chi connectivity index (χ4v) is 3.65. The van der Waals surface area contributed by atoms with Crippen LogP contribution in [0, 0.1) is 10.8 Å². The Balaban J connectivity index is 2.65. The molecule has 0 aromatic heterocycles. The third-order valence-corrected chi connectivity index (χ3v) is 6.74. The van der Waals surface area contributed by atoms with Crippen LogP contribution in [0.15, 0.2) is 0 Å². The first-order valence-corrected chi connectivity index (χ1v) is 10.3. The van der Waals surface area contributed by atoms with Crippen molar-refractivity contribution in [2.75, 3.05) is 19.8 Å². The van der Waals surface area contributed by atoms with E-state index in [9.17, 15) is 0 Å². The molecule has 25 heavy (non-hydrogen) atoms. The van der Waals surface area contributed by atoms with Crippen LogP contribution in [0.3, 0.4) is 0 Å². The number of rotatable bonds is 13. The van der Waals surface area contributed by atoms with Crippen molar-refractivity contribution in [3.8, 4) is 0 Å². The van der Waals surface area contributed by atoms with Crippen LogP contribution >= 0.6 is 0 Å². The van der Waals surface area contributed by atoms with Crippen LogP contribution in [0.25, 0.3) is 0 Å². The Kier molecular flexibility index (Phi) is 7.99. The second-order valence-corrected chi connectivity index (χ2v) is 9.82. The van der Waals surface area contributed by atoms with Crippen molar-refractivity contribution in [3.05, 3.63) is 0 Å². The number of ether oxygens (including phenoxy) is 3. The van der Waals surface area contributed by atoms with Crippen molar-refractivity contribution in [2.45, 2.75) is 112 Å². The van der Waals surface area contributed by atoms with E-state index in [2.05, 4.69) is 62.3 Å². The van der Waals surface area contributed by atoms with Crippen molar-refractivity contribution in [1.29, 1.82) is 0 Å². The van der Waals surface area contributed by atoms with Gasteiger partial charge in [0.15, 0.2) is 0 Å². The summed E-state index contributed by atoms with van der Waals surface area (Å²) in [6.07, 6.45) is 5.80. The molecule has 0 saturated carbocycles. The third kappa shape index (κ3) is 6.84. The second kappa shape index (κ2) is 8.71. The molecule has 1 aliphatic rings. The van der Waals surface area contributed by atoms with Crippen LogP contribution in [-0.2, 0) is 14.2 Å². The lowest BCUT2D eigenvalue weighted by Crippen LogP contribution is -2.48. The summed E-state index contributed by atoms with van der Waals surface area (Å²) in [4.78, 5) is 0. The lowest BCUT2D eigenvalue weighted by atomic mass is 9.62. The zero-order valence-corrected chi connectivity index (χ0v) is 18.5. The van der Waals surface area contributed by atoms with Crippen LogP contribution < -0.4 is 0 Å². The molecule has 3 atom stereocenters. The molecular weight excluding hydrogens is 312 g/mol.